The molecule has 1 aliphatic heterocycles. The highest BCUT2D eigenvalue weighted by Crippen LogP contribution is 2.29. The third-order valence-electron chi connectivity index (χ3n) is 3.46. The minimum absolute atomic E-state index is 0.498. The van der Waals surface area contributed by atoms with E-state index in [1.54, 1.807) is 0 Å². The zero-order valence-electron chi connectivity index (χ0n) is 12.2. The summed E-state index contributed by atoms with van der Waals surface area (Å²) in [6, 6.07) is 11.8. The maximum absolute atomic E-state index is 6.21. The van der Waals surface area contributed by atoms with Crippen LogP contribution < -0.4 is 4.90 Å². The van der Waals surface area contributed by atoms with Gasteiger partial charge in [0.25, 0.3) is 0 Å². The molecule has 2 heterocycles. The third kappa shape index (κ3) is 3.50. The summed E-state index contributed by atoms with van der Waals surface area (Å²) < 4.78 is 0. The van der Waals surface area contributed by atoms with E-state index < -0.39 is 0 Å². The van der Waals surface area contributed by atoms with Gasteiger partial charge >= 0.3 is 0 Å². The number of benzene rings is 1. The molecule has 3 nitrogen and oxygen atoms in total. The molecule has 1 aliphatic rings. The summed E-state index contributed by atoms with van der Waals surface area (Å²) in [5, 5.41) is 1.70. The monoisotopic (exact) mass is 319 g/mol. The first kappa shape index (κ1) is 14.7. The molecule has 110 valence electrons. The molecule has 2 unspecified atom stereocenters. The molecule has 1 fully saturated rings. The Morgan fingerprint density at radius 2 is 1.76 bits per heavy atom. The molecule has 0 spiro atoms. The zero-order valence-corrected chi connectivity index (χ0v) is 13.7. The Bertz CT molecular complexity index is 610. The molecule has 0 radical (unpaired) electrons. The van der Waals surface area contributed by atoms with Gasteiger partial charge < -0.3 is 4.90 Å². The molecule has 0 saturated carbocycles. The first-order chi connectivity index (χ1) is 10.1. The third-order valence-corrected chi connectivity index (χ3v) is 4.88. The lowest BCUT2D eigenvalue weighted by atomic mass is 10.2. The van der Waals surface area contributed by atoms with Gasteiger partial charge in [-0.05, 0) is 0 Å². The Morgan fingerprint density at radius 3 is 2.43 bits per heavy atom. The van der Waals surface area contributed by atoms with Crippen LogP contribution in [0.4, 0.5) is 5.82 Å². The largest absolute Gasteiger partial charge is 0.354 e. The van der Waals surface area contributed by atoms with Crippen LogP contribution in [-0.2, 0) is 0 Å². The minimum Gasteiger partial charge on any atom is -0.354 e. The first-order valence-corrected chi connectivity index (χ1v) is 8.44. The smallest absolute Gasteiger partial charge is 0.163 e. The van der Waals surface area contributed by atoms with Crippen molar-refractivity contribution in [2.24, 2.45) is 0 Å². The van der Waals surface area contributed by atoms with Crippen LogP contribution in [0.2, 0.25) is 5.15 Å². The van der Waals surface area contributed by atoms with Crippen LogP contribution >= 0.6 is 23.4 Å². The number of aromatic nitrogens is 2. The molecule has 1 saturated heterocycles. The molecule has 2 atom stereocenters. The van der Waals surface area contributed by atoms with Crippen molar-refractivity contribution in [1.82, 2.24) is 9.97 Å². The van der Waals surface area contributed by atoms with Crippen LogP contribution in [0, 0.1) is 0 Å². The van der Waals surface area contributed by atoms with Crippen molar-refractivity contribution < 1.29 is 0 Å². The average molecular weight is 320 g/mol. The summed E-state index contributed by atoms with van der Waals surface area (Å²) in [7, 11) is 0. The molecule has 0 amide bonds. The van der Waals surface area contributed by atoms with Crippen LogP contribution in [0.3, 0.4) is 0 Å². The summed E-state index contributed by atoms with van der Waals surface area (Å²) in [5.74, 6) is 1.62. The molecule has 1 aromatic carbocycles. The SMILES string of the molecule is CC1CN(c2cc(Cl)nc(-c3ccccc3)n2)CC(C)S1. The number of hydrogen-bond acceptors (Lipinski definition) is 4. The van der Waals surface area contributed by atoms with E-state index in [0.29, 0.717) is 21.5 Å². The van der Waals surface area contributed by atoms with E-state index in [9.17, 15) is 0 Å². The number of anilines is 1. The Kier molecular flexibility index (Phi) is 4.36. The average Bonchev–Trinajstić information content (AvgIpc) is 2.46. The summed E-state index contributed by atoms with van der Waals surface area (Å²) >= 11 is 8.24. The summed E-state index contributed by atoms with van der Waals surface area (Å²) in [6.45, 7) is 6.51. The second-order valence-electron chi connectivity index (χ2n) is 5.40. The Hall–Kier alpha value is -1.26. The fourth-order valence-electron chi connectivity index (χ4n) is 2.65. The van der Waals surface area contributed by atoms with Gasteiger partial charge in [-0.25, -0.2) is 9.97 Å². The fraction of sp³-hybridized carbons (Fsp3) is 0.375. The van der Waals surface area contributed by atoms with Crippen molar-refractivity contribution in [3.63, 3.8) is 0 Å². The fourth-order valence-corrected chi connectivity index (χ4v) is 4.15. The van der Waals surface area contributed by atoms with Gasteiger partial charge in [0.15, 0.2) is 5.82 Å². The number of thioether (sulfide) groups is 1. The van der Waals surface area contributed by atoms with Gasteiger partial charge in [-0.1, -0.05) is 55.8 Å². The van der Waals surface area contributed by atoms with Gasteiger partial charge in [0.2, 0.25) is 0 Å². The molecule has 21 heavy (non-hydrogen) atoms. The van der Waals surface area contributed by atoms with Gasteiger partial charge in [-0.2, -0.15) is 11.8 Å². The van der Waals surface area contributed by atoms with Gasteiger partial charge in [0.05, 0.1) is 0 Å². The number of hydrogen-bond donors (Lipinski definition) is 0. The Balaban J connectivity index is 1.94. The van der Waals surface area contributed by atoms with Crippen molar-refractivity contribution in [2.75, 3.05) is 18.0 Å². The topological polar surface area (TPSA) is 29.0 Å². The van der Waals surface area contributed by atoms with Crippen molar-refractivity contribution >= 4 is 29.2 Å². The van der Waals surface area contributed by atoms with Crippen LogP contribution in [0.1, 0.15) is 13.8 Å². The number of rotatable bonds is 2. The lowest BCUT2D eigenvalue weighted by Crippen LogP contribution is -2.40. The maximum Gasteiger partial charge on any atom is 0.163 e. The molecule has 1 aromatic heterocycles. The number of halogens is 1. The quantitative estimate of drug-likeness (QED) is 0.778. The highest BCUT2D eigenvalue weighted by molar-refractivity contribution is 8.00. The molecule has 3 rings (SSSR count). The zero-order chi connectivity index (χ0) is 14.8. The second kappa shape index (κ2) is 6.24. The lowest BCUT2D eigenvalue weighted by molar-refractivity contribution is 0.718. The summed E-state index contributed by atoms with van der Waals surface area (Å²) in [4.78, 5) is 11.4. The first-order valence-electron chi connectivity index (χ1n) is 7.12. The van der Waals surface area contributed by atoms with E-state index in [4.69, 9.17) is 16.6 Å². The lowest BCUT2D eigenvalue weighted by Gasteiger charge is -2.35. The Morgan fingerprint density at radius 1 is 1.10 bits per heavy atom. The molecular formula is C16H18ClN3S. The van der Waals surface area contributed by atoms with Crippen LogP contribution in [0.5, 0.6) is 0 Å². The molecule has 0 N–H and O–H groups in total. The van der Waals surface area contributed by atoms with Crippen molar-refractivity contribution in [2.45, 2.75) is 24.3 Å². The van der Waals surface area contributed by atoms with Crippen molar-refractivity contribution in [1.29, 1.82) is 0 Å². The van der Waals surface area contributed by atoms with Gasteiger partial charge in [0, 0.05) is 35.2 Å². The van der Waals surface area contributed by atoms with E-state index >= 15 is 0 Å². The van der Waals surface area contributed by atoms with Crippen LogP contribution in [0.15, 0.2) is 36.4 Å². The maximum atomic E-state index is 6.21. The van der Waals surface area contributed by atoms with Crippen LogP contribution in [0.25, 0.3) is 11.4 Å². The van der Waals surface area contributed by atoms with E-state index in [0.717, 1.165) is 24.5 Å². The molecule has 2 aromatic rings. The predicted octanol–water partition coefficient (Wildman–Crippen LogP) is 4.13. The summed E-state index contributed by atoms with van der Waals surface area (Å²) in [5.41, 5.74) is 0.994. The van der Waals surface area contributed by atoms with E-state index in [1.807, 2.05) is 48.2 Å². The summed E-state index contributed by atoms with van der Waals surface area (Å²) in [6.07, 6.45) is 0. The van der Waals surface area contributed by atoms with E-state index in [1.165, 1.54) is 0 Å². The van der Waals surface area contributed by atoms with Crippen molar-refractivity contribution in [3.8, 4) is 11.4 Å². The predicted molar refractivity (Wildman–Crippen MR) is 91.2 cm³/mol. The Labute approximate surface area is 134 Å². The number of nitrogens with zero attached hydrogens (tertiary/aromatic N) is 3. The van der Waals surface area contributed by atoms with Gasteiger partial charge in [-0.3, -0.25) is 0 Å². The molecule has 5 heteroatoms. The second-order valence-corrected chi connectivity index (χ2v) is 7.67. The molecule has 0 aliphatic carbocycles. The standard InChI is InChI=1S/C16H18ClN3S/c1-11-9-20(10-12(2)21-11)15-8-14(17)18-16(19-15)13-6-4-3-5-7-13/h3-8,11-12H,9-10H2,1-2H3. The molecule has 0 bridgehead atoms. The van der Waals surface area contributed by atoms with E-state index in [2.05, 4.69) is 23.7 Å². The normalized spacial score (nSPS) is 22.3. The van der Waals surface area contributed by atoms with E-state index in [-0.39, 0.29) is 0 Å². The van der Waals surface area contributed by atoms with Gasteiger partial charge in [0.1, 0.15) is 11.0 Å². The van der Waals surface area contributed by atoms with Crippen molar-refractivity contribution in [3.05, 3.63) is 41.6 Å². The molecular weight excluding hydrogens is 302 g/mol. The van der Waals surface area contributed by atoms with Crippen LogP contribution in [-0.4, -0.2) is 33.6 Å². The minimum atomic E-state index is 0.498. The highest BCUT2D eigenvalue weighted by atomic mass is 35.5. The highest BCUT2D eigenvalue weighted by Gasteiger charge is 2.24. The van der Waals surface area contributed by atoms with Gasteiger partial charge in [-0.15, -0.1) is 0 Å².